The second-order valence-corrected chi connectivity index (χ2v) is 4.45. The number of rotatable bonds is 4. The molecule has 0 saturated heterocycles. The zero-order valence-electron chi connectivity index (χ0n) is 10.9. The number of nitrogens with zero attached hydrogens (tertiary/aromatic N) is 3. The number of benzene rings is 1. The van der Waals surface area contributed by atoms with E-state index in [1.165, 1.54) is 0 Å². The van der Waals surface area contributed by atoms with Gasteiger partial charge in [-0.25, -0.2) is 0 Å². The van der Waals surface area contributed by atoms with Crippen LogP contribution in [-0.2, 0) is 0 Å². The van der Waals surface area contributed by atoms with E-state index in [9.17, 15) is 0 Å². The van der Waals surface area contributed by atoms with Crippen molar-refractivity contribution in [3.63, 3.8) is 0 Å². The number of fused-ring (bicyclic) bond motifs is 1. The number of H-pyrrole nitrogens is 1. The van der Waals surface area contributed by atoms with Crippen molar-refractivity contribution in [2.24, 2.45) is 0 Å². The molecule has 0 aliphatic heterocycles. The van der Waals surface area contributed by atoms with Crippen molar-refractivity contribution in [3.05, 3.63) is 48.8 Å². The minimum Gasteiger partial charge on any atom is -0.324 e. The first kappa shape index (κ1) is 11.7. The molecule has 3 aromatic rings. The fourth-order valence-corrected chi connectivity index (χ4v) is 2.26. The van der Waals surface area contributed by atoms with Gasteiger partial charge in [-0.1, -0.05) is 19.1 Å². The number of aromatic nitrogens is 3. The summed E-state index contributed by atoms with van der Waals surface area (Å²) < 4.78 is 0. The smallest absolute Gasteiger partial charge is 0.162 e. The highest BCUT2D eigenvalue weighted by Gasteiger charge is 2.14. The Hall–Kier alpha value is -2.36. The molecule has 0 spiro atoms. The van der Waals surface area contributed by atoms with Gasteiger partial charge in [-0.3, -0.25) is 10.1 Å². The van der Waals surface area contributed by atoms with E-state index in [0.717, 1.165) is 35.4 Å². The lowest BCUT2D eigenvalue weighted by Crippen LogP contribution is -2.18. The summed E-state index contributed by atoms with van der Waals surface area (Å²) >= 11 is 0. The Kier molecular flexibility index (Phi) is 3.14. The van der Waals surface area contributed by atoms with Gasteiger partial charge in [-0.2, -0.15) is 5.10 Å². The maximum absolute atomic E-state index is 4.47. The highest BCUT2D eigenvalue weighted by Crippen LogP contribution is 2.29. The van der Waals surface area contributed by atoms with E-state index in [2.05, 4.69) is 33.1 Å². The largest absolute Gasteiger partial charge is 0.324 e. The van der Waals surface area contributed by atoms with Crippen molar-refractivity contribution in [1.29, 1.82) is 0 Å². The maximum Gasteiger partial charge on any atom is 0.162 e. The predicted octanol–water partition coefficient (Wildman–Crippen LogP) is 3.51. The number of nitrogens with one attached hydrogen (secondary N) is 1. The molecule has 19 heavy (non-hydrogen) atoms. The van der Waals surface area contributed by atoms with E-state index in [1.54, 1.807) is 0 Å². The average molecular weight is 252 g/mol. The van der Waals surface area contributed by atoms with Gasteiger partial charge in [0, 0.05) is 30.0 Å². The standard InChI is InChI=1S/C15H16N4/c1-2-11-19(12-7-9-16-10-8-12)15-13-5-3-4-6-14(13)17-18-15/h3-10H,2,11H2,1H3,(H,17,18). The fourth-order valence-electron chi connectivity index (χ4n) is 2.26. The summed E-state index contributed by atoms with van der Waals surface area (Å²) in [4.78, 5) is 6.30. The molecule has 0 amide bonds. The van der Waals surface area contributed by atoms with Crippen LogP contribution in [0.1, 0.15) is 13.3 Å². The van der Waals surface area contributed by atoms with Crippen LogP contribution in [0.25, 0.3) is 10.9 Å². The van der Waals surface area contributed by atoms with E-state index in [-0.39, 0.29) is 0 Å². The molecular weight excluding hydrogens is 236 g/mol. The third kappa shape index (κ3) is 2.17. The second kappa shape index (κ2) is 5.10. The van der Waals surface area contributed by atoms with E-state index in [4.69, 9.17) is 0 Å². The van der Waals surface area contributed by atoms with Gasteiger partial charge < -0.3 is 4.90 Å². The van der Waals surface area contributed by atoms with Crippen LogP contribution in [0.2, 0.25) is 0 Å². The van der Waals surface area contributed by atoms with Gasteiger partial charge in [-0.05, 0) is 30.7 Å². The highest BCUT2D eigenvalue weighted by molar-refractivity contribution is 5.92. The summed E-state index contributed by atoms with van der Waals surface area (Å²) in [5, 5.41) is 8.71. The molecule has 0 fully saturated rings. The Labute approximate surface area is 112 Å². The normalized spacial score (nSPS) is 10.8. The molecule has 96 valence electrons. The lowest BCUT2D eigenvalue weighted by molar-refractivity contribution is 0.867. The summed E-state index contributed by atoms with van der Waals surface area (Å²) in [6, 6.07) is 12.2. The molecule has 0 radical (unpaired) electrons. The van der Waals surface area contributed by atoms with Crippen LogP contribution in [0.15, 0.2) is 48.8 Å². The molecule has 0 atom stereocenters. The van der Waals surface area contributed by atoms with Crippen molar-refractivity contribution in [2.45, 2.75) is 13.3 Å². The molecule has 0 unspecified atom stereocenters. The first-order chi connectivity index (χ1) is 9.40. The molecule has 0 saturated carbocycles. The van der Waals surface area contributed by atoms with Crippen LogP contribution >= 0.6 is 0 Å². The lowest BCUT2D eigenvalue weighted by atomic mass is 10.2. The highest BCUT2D eigenvalue weighted by atomic mass is 15.3. The minimum atomic E-state index is 0.929. The number of pyridine rings is 1. The van der Waals surface area contributed by atoms with Crippen molar-refractivity contribution < 1.29 is 0 Å². The monoisotopic (exact) mass is 252 g/mol. The van der Waals surface area contributed by atoms with Gasteiger partial charge in [0.25, 0.3) is 0 Å². The number of anilines is 2. The summed E-state index contributed by atoms with van der Waals surface area (Å²) in [6.07, 6.45) is 4.68. The summed E-state index contributed by atoms with van der Waals surface area (Å²) in [5.41, 5.74) is 2.18. The molecule has 2 aromatic heterocycles. The van der Waals surface area contributed by atoms with Crippen molar-refractivity contribution in [1.82, 2.24) is 15.2 Å². The Morgan fingerprint density at radius 3 is 2.68 bits per heavy atom. The van der Waals surface area contributed by atoms with E-state index < -0.39 is 0 Å². The third-order valence-corrected chi connectivity index (χ3v) is 3.13. The third-order valence-electron chi connectivity index (χ3n) is 3.13. The summed E-state index contributed by atoms with van der Waals surface area (Å²) in [7, 11) is 0. The molecule has 4 heteroatoms. The fraction of sp³-hybridized carbons (Fsp3) is 0.200. The van der Waals surface area contributed by atoms with Gasteiger partial charge in [0.1, 0.15) is 0 Å². The van der Waals surface area contributed by atoms with E-state index >= 15 is 0 Å². The minimum absolute atomic E-state index is 0.929. The molecule has 0 aliphatic rings. The zero-order valence-corrected chi connectivity index (χ0v) is 10.9. The first-order valence-electron chi connectivity index (χ1n) is 6.51. The summed E-state index contributed by atoms with van der Waals surface area (Å²) in [6.45, 7) is 3.10. The lowest BCUT2D eigenvalue weighted by Gasteiger charge is -2.21. The van der Waals surface area contributed by atoms with Gasteiger partial charge >= 0.3 is 0 Å². The molecular formula is C15H16N4. The van der Waals surface area contributed by atoms with Crippen LogP contribution in [0, 0.1) is 0 Å². The first-order valence-corrected chi connectivity index (χ1v) is 6.51. The van der Waals surface area contributed by atoms with Gasteiger partial charge in [0.15, 0.2) is 5.82 Å². The van der Waals surface area contributed by atoms with E-state index in [0.29, 0.717) is 0 Å². The van der Waals surface area contributed by atoms with Crippen LogP contribution in [0.5, 0.6) is 0 Å². The summed E-state index contributed by atoms with van der Waals surface area (Å²) in [5.74, 6) is 0.976. The molecule has 1 aromatic carbocycles. The van der Waals surface area contributed by atoms with Crippen molar-refractivity contribution in [3.8, 4) is 0 Å². The quantitative estimate of drug-likeness (QED) is 0.772. The zero-order chi connectivity index (χ0) is 13.1. The van der Waals surface area contributed by atoms with Gasteiger partial charge in [-0.15, -0.1) is 0 Å². The SMILES string of the molecule is CCCN(c1ccncc1)c1n[nH]c2ccccc12. The predicted molar refractivity (Wildman–Crippen MR) is 77.6 cm³/mol. The Bertz CT molecular complexity index is 660. The van der Waals surface area contributed by atoms with Crippen LogP contribution < -0.4 is 4.90 Å². The molecule has 0 aliphatic carbocycles. The van der Waals surface area contributed by atoms with Crippen LogP contribution in [-0.4, -0.2) is 21.7 Å². The molecule has 4 nitrogen and oxygen atoms in total. The average Bonchev–Trinajstić information content (AvgIpc) is 2.89. The van der Waals surface area contributed by atoms with Crippen LogP contribution in [0.4, 0.5) is 11.5 Å². The molecule has 0 bridgehead atoms. The van der Waals surface area contributed by atoms with Crippen molar-refractivity contribution in [2.75, 3.05) is 11.4 Å². The van der Waals surface area contributed by atoms with E-state index in [1.807, 2.05) is 42.7 Å². The van der Waals surface area contributed by atoms with Gasteiger partial charge in [0.2, 0.25) is 0 Å². The van der Waals surface area contributed by atoms with Gasteiger partial charge in [0.05, 0.1) is 5.52 Å². The number of aromatic amines is 1. The second-order valence-electron chi connectivity index (χ2n) is 4.45. The molecule has 3 rings (SSSR count). The Morgan fingerprint density at radius 2 is 1.89 bits per heavy atom. The molecule has 2 heterocycles. The number of hydrogen-bond acceptors (Lipinski definition) is 3. The Balaban J connectivity index is 2.10. The number of para-hydroxylation sites is 1. The molecule has 1 N–H and O–H groups in total. The number of hydrogen-bond donors (Lipinski definition) is 1. The topological polar surface area (TPSA) is 44.8 Å². The maximum atomic E-state index is 4.47. The van der Waals surface area contributed by atoms with Crippen LogP contribution in [0.3, 0.4) is 0 Å². The van der Waals surface area contributed by atoms with Crippen molar-refractivity contribution >= 4 is 22.4 Å². The Morgan fingerprint density at radius 1 is 1.11 bits per heavy atom.